The zero-order valence-corrected chi connectivity index (χ0v) is 11.9. The Morgan fingerprint density at radius 2 is 2.10 bits per heavy atom. The molecule has 2 rings (SSSR count). The molecule has 3 N–H and O–H groups in total. The Kier molecular flexibility index (Phi) is 5.22. The molecular formula is C15H14FN3OS. The summed E-state index contributed by atoms with van der Waals surface area (Å²) < 4.78 is 18.9. The average molecular weight is 303 g/mol. The highest BCUT2D eigenvalue weighted by Gasteiger charge is 2.02. The number of halogens is 1. The molecule has 0 aliphatic carbocycles. The fourth-order valence-corrected chi connectivity index (χ4v) is 1.71. The molecule has 0 saturated carbocycles. The van der Waals surface area contributed by atoms with Crippen molar-refractivity contribution in [2.24, 2.45) is 10.8 Å². The minimum atomic E-state index is -0.379. The zero-order valence-electron chi connectivity index (χ0n) is 11.1. The molecule has 0 unspecified atom stereocenters. The van der Waals surface area contributed by atoms with Gasteiger partial charge in [0.15, 0.2) is 16.7 Å². The number of nitrogens with zero attached hydrogens (tertiary/aromatic N) is 1. The summed E-state index contributed by atoms with van der Waals surface area (Å²) in [5.74, 6) is -0.150. The van der Waals surface area contributed by atoms with Gasteiger partial charge in [-0.3, -0.25) is 5.43 Å². The van der Waals surface area contributed by atoms with Crippen molar-refractivity contribution in [3.8, 4) is 5.75 Å². The van der Waals surface area contributed by atoms with E-state index in [0.29, 0.717) is 0 Å². The van der Waals surface area contributed by atoms with Crippen LogP contribution >= 0.6 is 12.2 Å². The lowest BCUT2D eigenvalue weighted by molar-refractivity contribution is 0.290. The van der Waals surface area contributed by atoms with Crippen molar-refractivity contribution in [1.82, 2.24) is 5.43 Å². The first kappa shape index (κ1) is 14.9. The standard InChI is InChI=1S/C15H14FN3OS/c16-13-6-1-2-7-14(13)20-10-12-5-3-4-11(8-12)9-18-19-15(17)21/h1-9H,10H2,(H3,17,19,21). The van der Waals surface area contributed by atoms with Gasteiger partial charge in [0.2, 0.25) is 0 Å². The van der Waals surface area contributed by atoms with Gasteiger partial charge < -0.3 is 10.5 Å². The van der Waals surface area contributed by atoms with Crippen molar-refractivity contribution >= 4 is 23.5 Å². The third kappa shape index (κ3) is 4.85. The molecule has 4 nitrogen and oxygen atoms in total. The van der Waals surface area contributed by atoms with Gasteiger partial charge in [0, 0.05) is 0 Å². The number of ether oxygens (including phenoxy) is 1. The zero-order chi connectivity index (χ0) is 15.1. The third-order valence-corrected chi connectivity index (χ3v) is 2.66. The monoisotopic (exact) mass is 303 g/mol. The summed E-state index contributed by atoms with van der Waals surface area (Å²) in [5, 5.41) is 3.97. The van der Waals surface area contributed by atoms with Crippen molar-refractivity contribution in [2.45, 2.75) is 6.61 Å². The molecule has 0 aliphatic heterocycles. The second-order valence-corrected chi connectivity index (χ2v) is 4.64. The average Bonchev–Trinajstić information content (AvgIpc) is 2.46. The fourth-order valence-electron chi connectivity index (χ4n) is 1.66. The summed E-state index contributed by atoms with van der Waals surface area (Å²) in [6.07, 6.45) is 1.59. The van der Waals surface area contributed by atoms with Crippen LogP contribution in [0.3, 0.4) is 0 Å². The maximum Gasteiger partial charge on any atom is 0.184 e. The van der Waals surface area contributed by atoms with Gasteiger partial charge in [-0.2, -0.15) is 5.10 Å². The maximum absolute atomic E-state index is 13.4. The van der Waals surface area contributed by atoms with E-state index in [1.807, 2.05) is 24.3 Å². The summed E-state index contributed by atoms with van der Waals surface area (Å²) in [7, 11) is 0. The Hall–Kier alpha value is -2.47. The lowest BCUT2D eigenvalue weighted by atomic mass is 10.1. The minimum Gasteiger partial charge on any atom is -0.486 e. The van der Waals surface area contributed by atoms with E-state index in [0.717, 1.165) is 11.1 Å². The number of rotatable bonds is 5. The predicted octanol–water partition coefficient (Wildman–Crippen LogP) is 2.57. The molecule has 0 saturated heterocycles. The van der Waals surface area contributed by atoms with Crippen LogP contribution in [0, 0.1) is 5.82 Å². The van der Waals surface area contributed by atoms with E-state index in [1.165, 1.54) is 6.07 Å². The Labute approximate surface area is 127 Å². The summed E-state index contributed by atoms with van der Waals surface area (Å²) in [5.41, 5.74) is 9.50. The van der Waals surface area contributed by atoms with Crippen molar-refractivity contribution in [2.75, 3.05) is 0 Å². The normalized spacial score (nSPS) is 10.5. The SMILES string of the molecule is NC(=S)NN=Cc1cccc(COc2ccccc2F)c1. The quantitative estimate of drug-likeness (QED) is 0.506. The smallest absolute Gasteiger partial charge is 0.184 e. The van der Waals surface area contributed by atoms with E-state index in [2.05, 4.69) is 22.7 Å². The molecule has 6 heteroatoms. The van der Waals surface area contributed by atoms with Crippen LogP contribution in [0.1, 0.15) is 11.1 Å². The molecule has 21 heavy (non-hydrogen) atoms. The molecule has 0 amide bonds. The van der Waals surface area contributed by atoms with E-state index >= 15 is 0 Å². The van der Waals surface area contributed by atoms with E-state index in [1.54, 1.807) is 24.4 Å². The summed E-state index contributed by atoms with van der Waals surface area (Å²) in [6.45, 7) is 0.269. The highest BCUT2D eigenvalue weighted by Crippen LogP contribution is 2.17. The molecule has 0 atom stereocenters. The second-order valence-electron chi connectivity index (χ2n) is 4.20. The number of hydrogen-bond acceptors (Lipinski definition) is 3. The summed E-state index contributed by atoms with van der Waals surface area (Å²) in [4.78, 5) is 0. The van der Waals surface area contributed by atoms with E-state index < -0.39 is 0 Å². The molecule has 0 heterocycles. The highest BCUT2D eigenvalue weighted by molar-refractivity contribution is 7.80. The first-order valence-electron chi connectivity index (χ1n) is 6.20. The van der Waals surface area contributed by atoms with Crippen molar-refractivity contribution < 1.29 is 9.13 Å². The minimum absolute atomic E-state index is 0.102. The number of hydrogen-bond donors (Lipinski definition) is 2. The van der Waals surface area contributed by atoms with Crippen LogP contribution in [0.2, 0.25) is 0 Å². The molecule has 0 radical (unpaired) electrons. The molecule has 0 aromatic heterocycles. The van der Waals surface area contributed by atoms with Gasteiger partial charge in [0.1, 0.15) is 6.61 Å². The van der Waals surface area contributed by atoms with E-state index in [9.17, 15) is 4.39 Å². The maximum atomic E-state index is 13.4. The third-order valence-electron chi connectivity index (χ3n) is 2.57. The van der Waals surface area contributed by atoms with Crippen LogP contribution in [0.25, 0.3) is 0 Å². The number of thiocarbonyl (C=S) groups is 1. The van der Waals surface area contributed by atoms with Crippen LogP contribution in [-0.2, 0) is 6.61 Å². The van der Waals surface area contributed by atoms with Gasteiger partial charge in [-0.25, -0.2) is 4.39 Å². The van der Waals surface area contributed by atoms with E-state index in [-0.39, 0.29) is 23.3 Å². The number of para-hydroxylation sites is 1. The van der Waals surface area contributed by atoms with Crippen molar-refractivity contribution in [3.05, 3.63) is 65.5 Å². The molecule has 0 spiro atoms. The molecule has 0 bridgehead atoms. The largest absolute Gasteiger partial charge is 0.486 e. The number of benzene rings is 2. The van der Waals surface area contributed by atoms with Gasteiger partial charge in [0.05, 0.1) is 6.21 Å². The van der Waals surface area contributed by atoms with E-state index in [4.69, 9.17) is 10.5 Å². The molecule has 108 valence electrons. The Bertz CT molecular complexity index is 661. The Balaban J connectivity index is 1.99. The topological polar surface area (TPSA) is 59.6 Å². The van der Waals surface area contributed by atoms with Crippen molar-refractivity contribution in [3.63, 3.8) is 0 Å². The van der Waals surface area contributed by atoms with Crippen LogP contribution in [0.5, 0.6) is 5.75 Å². The van der Waals surface area contributed by atoms with Gasteiger partial charge >= 0.3 is 0 Å². The molecule has 0 aliphatic rings. The Morgan fingerprint density at radius 3 is 2.86 bits per heavy atom. The second kappa shape index (κ2) is 7.35. The van der Waals surface area contributed by atoms with Gasteiger partial charge in [-0.1, -0.05) is 30.3 Å². The van der Waals surface area contributed by atoms with Gasteiger partial charge in [0.25, 0.3) is 0 Å². The Morgan fingerprint density at radius 1 is 1.29 bits per heavy atom. The number of nitrogens with two attached hydrogens (primary N) is 1. The lowest BCUT2D eigenvalue weighted by Crippen LogP contribution is -2.23. The van der Waals surface area contributed by atoms with Crippen LogP contribution in [0.15, 0.2) is 53.6 Å². The predicted molar refractivity (Wildman–Crippen MR) is 84.7 cm³/mol. The molecule has 0 fully saturated rings. The fraction of sp³-hybridized carbons (Fsp3) is 0.0667. The molecular weight excluding hydrogens is 289 g/mol. The molecule has 2 aromatic rings. The van der Waals surface area contributed by atoms with Crippen LogP contribution in [-0.4, -0.2) is 11.3 Å². The van der Waals surface area contributed by atoms with Crippen LogP contribution in [0.4, 0.5) is 4.39 Å². The van der Waals surface area contributed by atoms with Crippen molar-refractivity contribution in [1.29, 1.82) is 0 Å². The number of hydrazone groups is 1. The number of nitrogens with one attached hydrogen (secondary N) is 1. The summed E-state index contributed by atoms with van der Waals surface area (Å²) >= 11 is 4.64. The molecule has 2 aromatic carbocycles. The first-order chi connectivity index (χ1) is 10.1. The summed E-state index contributed by atoms with van der Waals surface area (Å²) in [6, 6.07) is 13.8. The lowest BCUT2D eigenvalue weighted by Gasteiger charge is -2.07. The van der Waals surface area contributed by atoms with Gasteiger partial charge in [-0.15, -0.1) is 0 Å². The first-order valence-corrected chi connectivity index (χ1v) is 6.61. The highest BCUT2D eigenvalue weighted by atomic mass is 32.1. The van der Waals surface area contributed by atoms with Gasteiger partial charge in [-0.05, 0) is 41.5 Å². The van der Waals surface area contributed by atoms with Crippen LogP contribution < -0.4 is 15.9 Å².